The Bertz CT molecular complexity index is 353. The molecule has 0 saturated heterocycles. The van der Waals surface area contributed by atoms with Gasteiger partial charge >= 0.3 is 0 Å². The molecule has 2 nitrogen and oxygen atoms in total. The van der Waals surface area contributed by atoms with Gasteiger partial charge in [0.2, 0.25) is 0 Å². The van der Waals surface area contributed by atoms with Gasteiger partial charge in [0.15, 0.2) is 0 Å². The van der Waals surface area contributed by atoms with E-state index in [1.165, 1.54) is 16.7 Å². The lowest BCUT2D eigenvalue weighted by atomic mass is 9.90. The molecule has 0 heterocycles. The first-order chi connectivity index (χ1) is 8.43. The molecule has 0 aliphatic heterocycles. The minimum absolute atomic E-state index is 0.269. The van der Waals surface area contributed by atoms with Gasteiger partial charge in [0.05, 0.1) is 12.2 Å². The maximum Gasteiger partial charge on any atom is 0.0804 e. The van der Waals surface area contributed by atoms with Crippen molar-refractivity contribution in [3.8, 4) is 0 Å². The van der Waals surface area contributed by atoms with Crippen LogP contribution in [0.5, 0.6) is 0 Å². The van der Waals surface area contributed by atoms with E-state index in [-0.39, 0.29) is 5.92 Å². The van der Waals surface area contributed by atoms with Crippen molar-refractivity contribution in [3.05, 3.63) is 34.9 Å². The number of benzene rings is 1. The number of hydrogen-bond acceptors (Lipinski definition) is 2. The monoisotopic (exact) mass is 250 g/mol. The second-order valence-corrected chi connectivity index (χ2v) is 5.48. The molecule has 3 atom stereocenters. The fourth-order valence-corrected chi connectivity index (χ4v) is 2.44. The second-order valence-electron chi connectivity index (χ2n) is 5.48. The van der Waals surface area contributed by atoms with E-state index in [2.05, 4.69) is 39.0 Å². The molecule has 0 bridgehead atoms. The highest BCUT2D eigenvalue weighted by molar-refractivity contribution is 5.30. The molecule has 0 spiro atoms. The van der Waals surface area contributed by atoms with Crippen molar-refractivity contribution in [1.82, 2.24) is 0 Å². The van der Waals surface area contributed by atoms with Crippen LogP contribution >= 0.6 is 0 Å². The third kappa shape index (κ3) is 4.43. The van der Waals surface area contributed by atoms with Crippen LogP contribution < -0.4 is 0 Å². The van der Waals surface area contributed by atoms with Gasteiger partial charge in [0.25, 0.3) is 0 Å². The van der Waals surface area contributed by atoms with Crippen molar-refractivity contribution in [1.29, 1.82) is 0 Å². The molecule has 0 fully saturated rings. The second kappa shape index (κ2) is 6.91. The molecule has 0 aliphatic rings. The summed E-state index contributed by atoms with van der Waals surface area (Å²) in [6.07, 6.45) is 0.963. The van der Waals surface area contributed by atoms with Crippen LogP contribution in [-0.2, 0) is 0 Å². The summed E-state index contributed by atoms with van der Waals surface area (Å²) in [5.74, 6) is 0.269. The Hall–Kier alpha value is -0.860. The molecule has 0 radical (unpaired) electrons. The van der Waals surface area contributed by atoms with Crippen molar-refractivity contribution in [2.24, 2.45) is 0 Å². The summed E-state index contributed by atoms with van der Waals surface area (Å²) in [5, 5.41) is 19.7. The van der Waals surface area contributed by atoms with Crippen LogP contribution in [0.15, 0.2) is 18.2 Å². The Kier molecular flexibility index (Phi) is 5.83. The standard InChI is InChI=1S/C16H26O2/c1-5-6-15(17)16(18)10-13(4)14-8-11(2)7-12(3)9-14/h7-9,13,15-18H,5-6,10H2,1-4H3. The summed E-state index contributed by atoms with van der Waals surface area (Å²) in [7, 11) is 0. The lowest BCUT2D eigenvalue weighted by molar-refractivity contribution is 0.00637. The zero-order valence-electron chi connectivity index (χ0n) is 12.0. The van der Waals surface area contributed by atoms with Crippen molar-refractivity contribution in [3.63, 3.8) is 0 Å². The van der Waals surface area contributed by atoms with Gasteiger partial charge in [-0.2, -0.15) is 0 Å². The molecular formula is C16H26O2. The van der Waals surface area contributed by atoms with E-state index in [0.29, 0.717) is 12.8 Å². The zero-order valence-corrected chi connectivity index (χ0v) is 12.0. The predicted octanol–water partition coefficient (Wildman–Crippen LogP) is 3.32. The van der Waals surface area contributed by atoms with Crippen LogP contribution in [0.25, 0.3) is 0 Å². The Morgan fingerprint density at radius 1 is 1.00 bits per heavy atom. The van der Waals surface area contributed by atoms with Crippen LogP contribution in [0.3, 0.4) is 0 Å². The first-order valence-corrected chi connectivity index (χ1v) is 6.88. The lowest BCUT2D eigenvalue weighted by Gasteiger charge is -2.21. The minimum Gasteiger partial charge on any atom is -0.390 e. The maximum absolute atomic E-state index is 9.97. The molecule has 0 aliphatic carbocycles. The third-order valence-electron chi connectivity index (χ3n) is 3.44. The van der Waals surface area contributed by atoms with E-state index in [1.54, 1.807) is 0 Å². The molecule has 1 aromatic rings. The Morgan fingerprint density at radius 2 is 1.56 bits per heavy atom. The highest BCUT2D eigenvalue weighted by Gasteiger charge is 2.19. The van der Waals surface area contributed by atoms with Gasteiger partial charge in [-0.25, -0.2) is 0 Å². The molecule has 102 valence electrons. The Balaban J connectivity index is 2.66. The summed E-state index contributed by atoms with van der Waals surface area (Å²) in [6, 6.07) is 6.48. The fraction of sp³-hybridized carbons (Fsp3) is 0.625. The van der Waals surface area contributed by atoms with E-state index in [1.807, 2.05) is 6.92 Å². The summed E-state index contributed by atoms with van der Waals surface area (Å²) < 4.78 is 0. The smallest absolute Gasteiger partial charge is 0.0804 e. The molecule has 0 amide bonds. The van der Waals surface area contributed by atoms with E-state index in [9.17, 15) is 10.2 Å². The average molecular weight is 250 g/mol. The van der Waals surface area contributed by atoms with Crippen LogP contribution in [0.1, 0.15) is 55.7 Å². The molecule has 0 saturated carbocycles. The van der Waals surface area contributed by atoms with E-state index >= 15 is 0 Å². The van der Waals surface area contributed by atoms with Gasteiger partial charge in [0.1, 0.15) is 0 Å². The molecular weight excluding hydrogens is 224 g/mol. The van der Waals surface area contributed by atoms with E-state index in [0.717, 1.165) is 6.42 Å². The van der Waals surface area contributed by atoms with Gasteiger partial charge in [-0.3, -0.25) is 0 Å². The molecule has 2 N–H and O–H groups in total. The summed E-state index contributed by atoms with van der Waals surface area (Å²) in [6.45, 7) is 8.30. The number of aliphatic hydroxyl groups excluding tert-OH is 2. The SMILES string of the molecule is CCCC(O)C(O)CC(C)c1cc(C)cc(C)c1. The molecule has 1 aromatic carbocycles. The quantitative estimate of drug-likeness (QED) is 0.813. The van der Waals surface area contributed by atoms with Crippen LogP contribution in [0, 0.1) is 13.8 Å². The highest BCUT2D eigenvalue weighted by atomic mass is 16.3. The molecule has 1 rings (SSSR count). The molecule has 3 unspecified atom stereocenters. The van der Waals surface area contributed by atoms with Gasteiger partial charge < -0.3 is 10.2 Å². The maximum atomic E-state index is 9.97. The van der Waals surface area contributed by atoms with Crippen molar-refractivity contribution < 1.29 is 10.2 Å². The summed E-state index contributed by atoms with van der Waals surface area (Å²) in [5.41, 5.74) is 3.75. The summed E-state index contributed by atoms with van der Waals surface area (Å²) in [4.78, 5) is 0. The van der Waals surface area contributed by atoms with Crippen LogP contribution in [-0.4, -0.2) is 22.4 Å². The van der Waals surface area contributed by atoms with Crippen molar-refractivity contribution in [2.45, 2.75) is 65.1 Å². The number of rotatable bonds is 6. The zero-order chi connectivity index (χ0) is 13.7. The van der Waals surface area contributed by atoms with Gasteiger partial charge in [-0.1, -0.05) is 49.6 Å². The molecule has 18 heavy (non-hydrogen) atoms. The number of aryl methyl sites for hydroxylation is 2. The van der Waals surface area contributed by atoms with Crippen LogP contribution in [0.2, 0.25) is 0 Å². The minimum atomic E-state index is -0.624. The van der Waals surface area contributed by atoms with Crippen LogP contribution in [0.4, 0.5) is 0 Å². The van der Waals surface area contributed by atoms with E-state index < -0.39 is 12.2 Å². The van der Waals surface area contributed by atoms with Gasteiger partial charge in [-0.15, -0.1) is 0 Å². The van der Waals surface area contributed by atoms with Crippen molar-refractivity contribution in [2.75, 3.05) is 0 Å². The normalized spacial score (nSPS) is 16.3. The number of hydrogen-bond donors (Lipinski definition) is 2. The lowest BCUT2D eigenvalue weighted by Crippen LogP contribution is -2.27. The first-order valence-electron chi connectivity index (χ1n) is 6.88. The van der Waals surface area contributed by atoms with Gasteiger partial charge in [0, 0.05) is 0 Å². The fourth-order valence-electron chi connectivity index (χ4n) is 2.44. The molecule has 0 aromatic heterocycles. The Morgan fingerprint density at radius 3 is 2.06 bits per heavy atom. The van der Waals surface area contributed by atoms with E-state index in [4.69, 9.17) is 0 Å². The largest absolute Gasteiger partial charge is 0.390 e. The summed E-state index contributed by atoms with van der Waals surface area (Å²) >= 11 is 0. The topological polar surface area (TPSA) is 40.5 Å². The van der Waals surface area contributed by atoms with Gasteiger partial charge in [-0.05, 0) is 38.2 Å². The highest BCUT2D eigenvalue weighted by Crippen LogP contribution is 2.24. The third-order valence-corrected chi connectivity index (χ3v) is 3.44. The first kappa shape index (κ1) is 15.2. The number of aliphatic hydroxyl groups is 2. The average Bonchev–Trinajstić information content (AvgIpc) is 2.27. The Labute approximate surface area is 111 Å². The predicted molar refractivity (Wildman–Crippen MR) is 75.9 cm³/mol. The molecule has 2 heteroatoms. The van der Waals surface area contributed by atoms with Crippen molar-refractivity contribution >= 4 is 0 Å².